The van der Waals surface area contributed by atoms with E-state index in [9.17, 15) is 24.0 Å². The van der Waals surface area contributed by atoms with Gasteiger partial charge in [0.1, 0.15) is 0 Å². The smallest absolute Gasteiger partial charge is 0.330 e. The van der Waals surface area contributed by atoms with Crippen molar-refractivity contribution in [1.82, 2.24) is 5.06 Å². The van der Waals surface area contributed by atoms with Crippen LogP contribution in [-0.2, 0) is 28.8 Å². The molecule has 0 radical (unpaired) electrons. The molecule has 0 aromatic carbocycles. The highest BCUT2D eigenvalue weighted by molar-refractivity contribution is 6.25. The number of allylic oxidation sites excluding steroid dienone is 4. The molecule has 0 aromatic heterocycles. The Morgan fingerprint density at radius 2 is 1.33 bits per heavy atom. The van der Waals surface area contributed by atoms with Crippen LogP contribution in [0.4, 0.5) is 0 Å². The Balaban J connectivity index is 0.00000176. The van der Waals surface area contributed by atoms with Gasteiger partial charge in [-0.3, -0.25) is 19.2 Å². The fourth-order valence-electron chi connectivity index (χ4n) is 3.15. The van der Waals surface area contributed by atoms with Crippen LogP contribution in [0.5, 0.6) is 0 Å². The van der Waals surface area contributed by atoms with Crippen molar-refractivity contribution < 1.29 is 28.8 Å². The Labute approximate surface area is 159 Å². The molecular formula is C20H27NO6. The Hall–Kier alpha value is -2.57. The number of nitrogens with zero attached hydrogens (tertiary/aromatic N) is 1. The molecule has 0 spiro atoms. The standard InChI is InChI=1S/C18H21NO6.C2H6/c1-9-10(2)17(24)15(11(3)16(9)23)18(4,5)8-14(22)25-19-12(20)6-7-13(19)21;1-2/h6-8H2,1-5H3;1-2H3. The quantitative estimate of drug-likeness (QED) is 0.552. The van der Waals surface area contributed by atoms with Crippen LogP contribution in [0, 0.1) is 5.41 Å². The topological polar surface area (TPSA) is 97.8 Å². The van der Waals surface area contributed by atoms with Crippen LogP contribution in [0.1, 0.15) is 67.7 Å². The highest BCUT2D eigenvalue weighted by atomic mass is 16.7. The molecule has 7 heteroatoms. The first-order valence-electron chi connectivity index (χ1n) is 9.02. The summed E-state index contributed by atoms with van der Waals surface area (Å²) in [7, 11) is 0. The molecule has 0 unspecified atom stereocenters. The van der Waals surface area contributed by atoms with E-state index in [0.29, 0.717) is 21.8 Å². The Morgan fingerprint density at radius 3 is 1.81 bits per heavy atom. The third-order valence-corrected chi connectivity index (χ3v) is 4.65. The fourth-order valence-corrected chi connectivity index (χ4v) is 3.15. The first-order valence-corrected chi connectivity index (χ1v) is 9.02. The zero-order valence-corrected chi connectivity index (χ0v) is 17.0. The number of hydrogen-bond donors (Lipinski definition) is 0. The second-order valence-corrected chi connectivity index (χ2v) is 7.01. The van der Waals surface area contributed by atoms with Gasteiger partial charge in [-0.1, -0.05) is 27.7 Å². The lowest BCUT2D eigenvalue weighted by Crippen LogP contribution is -2.36. The number of hydroxylamine groups is 2. The van der Waals surface area contributed by atoms with E-state index in [-0.39, 0.29) is 36.4 Å². The van der Waals surface area contributed by atoms with Gasteiger partial charge in [-0.05, 0) is 20.8 Å². The summed E-state index contributed by atoms with van der Waals surface area (Å²) in [5, 5.41) is 0.475. The van der Waals surface area contributed by atoms with Crippen molar-refractivity contribution >= 4 is 29.4 Å². The van der Waals surface area contributed by atoms with Gasteiger partial charge < -0.3 is 4.84 Å². The van der Waals surface area contributed by atoms with Gasteiger partial charge in [-0.15, -0.1) is 5.06 Å². The third kappa shape index (κ3) is 4.40. The normalized spacial score (nSPS) is 18.1. The van der Waals surface area contributed by atoms with Gasteiger partial charge in [-0.25, -0.2) is 4.79 Å². The summed E-state index contributed by atoms with van der Waals surface area (Å²) in [6.45, 7) is 12.0. The number of imide groups is 1. The van der Waals surface area contributed by atoms with Gasteiger partial charge in [0, 0.05) is 40.5 Å². The average Bonchev–Trinajstić information content (AvgIpc) is 2.91. The molecule has 2 aliphatic rings. The van der Waals surface area contributed by atoms with Gasteiger partial charge in [0.25, 0.3) is 11.8 Å². The summed E-state index contributed by atoms with van der Waals surface area (Å²) in [4.78, 5) is 65.1. The summed E-state index contributed by atoms with van der Waals surface area (Å²) in [5.41, 5.74) is 0.340. The lowest BCUT2D eigenvalue weighted by atomic mass is 9.71. The van der Waals surface area contributed by atoms with E-state index in [1.54, 1.807) is 34.6 Å². The second kappa shape index (κ2) is 8.41. The van der Waals surface area contributed by atoms with E-state index >= 15 is 0 Å². The molecule has 148 valence electrons. The Kier molecular flexibility index (Phi) is 7.00. The first-order chi connectivity index (χ1) is 12.5. The van der Waals surface area contributed by atoms with Gasteiger partial charge >= 0.3 is 5.97 Å². The SMILES string of the molecule is CC.CC1=C(C)C(=O)C(C(C)(C)CC(=O)ON2C(=O)CCC2=O)=C(C)C1=O. The second-order valence-electron chi connectivity index (χ2n) is 7.01. The highest BCUT2D eigenvalue weighted by Crippen LogP contribution is 2.39. The van der Waals surface area contributed by atoms with Crippen molar-refractivity contribution in [2.45, 2.75) is 67.7 Å². The van der Waals surface area contributed by atoms with E-state index in [2.05, 4.69) is 0 Å². The van der Waals surface area contributed by atoms with Gasteiger partial charge in [0.15, 0.2) is 11.6 Å². The summed E-state index contributed by atoms with van der Waals surface area (Å²) < 4.78 is 0. The van der Waals surface area contributed by atoms with Crippen molar-refractivity contribution in [2.24, 2.45) is 5.41 Å². The lowest BCUT2D eigenvalue weighted by Gasteiger charge is -2.31. The molecule has 1 aliphatic carbocycles. The van der Waals surface area contributed by atoms with Crippen molar-refractivity contribution in [3.63, 3.8) is 0 Å². The van der Waals surface area contributed by atoms with E-state index in [1.165, 1.54) is 0 Å². The number of amides is 2. The maximum Gasteiger partial charge on any atom is 0.334 e. The average molecular weight is 377 g/mol. The summed E-state index contributed by atoms with van der Waals surface area (Å²) in [6.07, 6.45) is -0.228. The number of hydrogen-bond acceptors (Lipinski definition) is 6. The number of ketones is 2. The van der Waals surface area contributed by atoms with Crippen LogP contribution < -0.4 is 0 Å². The van der Waals surface area contributed by atoms with Crippen molar-refractivity contribution in [2.75, 3.05) is 0 Å². The van der Waals surface area contributed by atoms with E-state index in [1.807, 2.05) is 13.8 Å². The number of carbonyl (C=O) groups is 5. The van der Waals surface area contributed by atoms with Crippen LogP contribution in [0.25, 0.3) is 0 Å². The van der Waals surface area contributed by atoms with Crippen LogP contribution in [-0.4, -0.2) is 34.4 Å². The van der Waals surface area contributed by atoms with Gasteiger partial charge in [0.2, 0.25) is 0 Å². The minimum Gasteiger partial charge on any atom is -0.330 e. The Bertz CT molecular complexity index is 753. The molecule has 1 fully saturated rings. The van der Waals surface area contributed by atoms with Crippen LogP contribution in [0.15, 0.2) is 22.3 Å². The maximum absolute atomic E-state index is 12.6. The molecule has 1 aliphatic heterocycles. The van der Waals surface area contributed by atoms with E-state index in [0.717, 1.165) is 0 Å². The molecule has 2 rings (SSSR count). The first kappa shape index (κ1) is 22.5. The predicted molar refractivity (Wildman–Crippen MR) is 98.0 cm³/mol. The monoisotopic (exact) mass is 377 g/mol. The zero-order chi connectivity index (χ0) is 21.1. The van der Waals surface area contributed by atoms with Crippen molar-refractivity contribution in [3.05, 3.63) is 22.3 Å². The summed E-state index contributed by atoms with van der Waals surface area (Å²) in [5.74, 6) is -2.44. The van der Waals surface area contributed by atoms with E-state index < -0.39 is 23.2 Å². The van der Waals surface area contributed by atoms with Crippen LogP contribution >= 0.6 is 0 Å². The zero-order valence-electron chi connectivity index (χ0n) is 17.0. The predicted octanol–water partition coefficient (Wildman–Crippen LogP) is 2.84. The van der Waals surface area contributed by atoms with Crippen LogP contribution in [0.3, 0.4) is 0 Å². The third-order valence-electron chi connectivity index (χ3n) is 4.65. The molecule has 27 heavy (non-hydrogen) atoms. The lowest BCUT2D eigenvalue weighted by molar-refractivity contribution is -0.198. The van der Waals surface area contributed by atoms with E-state index in [4.69, 9.17) is 4.84 Å². The number of rotatable bonds is 4. The van der Waals surface area contributed by atoms with Gasteiger partial charge in [-0.2, -0.15) is 0 Å². The minimum absolute atomic E-state index is 0.00994. The molecule has 1 saturated heterocycles. The Morgan fingerprint density at radius 1 is 0.889 bits per heavy atom. The maximum atomic E-state index is 12.6. The molecule has 7 nitrogen and oxygen atoms in total. The molecule has 0 saturated carbocycles. The molecule has 0 aromatic rings. The number of Topliss-reactive ketones (excluding diaryl/α,β-unsaturated/α-hetero) is 2. The van der Waals surface area contributed by atoms with Crippen molar-refractivity contribution in [3.8, 4) is 0 Å². The molecular weight excluding hydrogens is 350 g/mol. The van der Waals surface area contributed by atoms with Crippen LogP contribution in [0.2, 0.25) is 0 Å². The molecule has 2 amide bonds. The van der Waals surface area contributed by atoms with Gasteiger partial charge in [0.05, 0.1) is 6.42 Å². The molecule has 1 heterocycles. The minimum atomic E-state index is -0.984. The highest BCUT2D eigenvalue weighted by Gasteiger charge is 2.40. The fraction of sp³-hybridized carbons (Fsp3) is 0.550. The number of carbonyl (C=O) groups excluding carboxylic acids is 5. The molecule has 0 N–H and O–H groups in total. The molecule has 0 atom stereocenters. The largest absolute Gasteiger partial charge is 0.334 e. The molecule has 0 bridgehead atoms. The summed E-state index contributed by atoms with van der Waals surface area (Å²) >= 11 is 0. The summed E-state index contributed by atoms with van der Waals surface area (Å²) in [6, 6.07) is 0. The van der Waals surface area contributed by atoms with Crippen molar-refractivity contribution in [1.29, 1.82) is 0 Å².